The fourth-order valence-corrected chi connectivity index (χ4v) is 3.25. The summed E-state index contributed by atoms with van der Waals surface area (Å²) in [7, 11) is 0. The highest BCUT2D eigenvalue weighted by Gasteiger charge is 2.38. The van der Waals surface area contributed by atoms with E-state index in [2.05, 4.69) is 30.9 Å². The monoisotopic (exact) mass is 290 g/mol. The van der Waals surface area contributed by atoms with Crippen molar-refractivity contribution >= 4 is 0 Å². The summed E-state index contributed by atoms with van der Waals surface area (Å²) in [5.74, 6) is 0.917. The van der Waals surface area contributed by atoms with Gasteiger partial charge in [0.2, 0.25) is 0 Å². The molecule has 1 fully saturated rings. The molecule has 0 spiro atoms. The van der Waals surface area contributed by atoms with Crippen molar-refractivity contribution in [3.05, 3.63) is 29.8 Å². The molecule has 0 bridgehead atoms. The van der Waals surface area contributed by atoms with Crippen LogP contribution in [-0.4, -0.2) is 29.6 Å². The molecule has 0 amide bonds. The molecule has 2 N–H and O–H groups in total. The maximum absolute atomic E-state index is 6.63. The third-order valence-corrected chi connectivity index (χ3v) is 4.83. The minimum Gasteiger partial charge on any atom is -0.491 e. The molecule has 1 aromatic rings. The first kappa shape index (κ1) is 16.3. The first-order valence-electron chi connectivity index (χ1n) is 8.24. The third kappa shape index (κ3) is 3.58. The Morgan fingerprint density at radius 1 is 1.19 bits per heavy atom. The molecule has 1 heterocycles. The summed E-state index contributed by atoms with van der Waals surface area (Å²) < 4.78 is 5.71. The van der Waals surface area contributed by atoms with Crippen LogP contribution in [0.25, 0.3) is 0 Å². The van der Waals surface area contributed by atoms with Gasteiger partial charge in [0.25, 0.3) is 0 Å². The summed E-state index contributed by atoms with van der Waals surface area (Å²) in [4.78, 5) is 2.57. The van der Waals surface area contributed by atoms with Gasteiger partial charge in [0.05, 0.1) is 6.10 Å². The lowest BCUT2D eigenvalue weighted by molar-refractivity contribution is 0.1000. The van der Waals surface area contributed by atoms with Crippen LogP contribution in [0.2, 0.25) is 0 Å². The lowest BCUT2D eigenvalue weighted by atomic mass is 9.83. The second kappa shape index (κ2) is 6.80. The molecule has 1 aromatic carbocycles. The van der Waals surface area contributed by atoms with Crippen molar-refractivity contribution in [2.45, 2.75) is 64.6 Å². The van der Waals surface area contributed by atoms with Crippen molar-refractivity contribution in [3.63, 3.8) is 0 Å². The Bertz CT molecular complexity index is 437. The first-order chi connectivity index (χ1) is 9.97. The van der Waals surface area contributed by atoms with Gasteiger partial charge >= 0.3 is 0 Å². The number of ether oxygens (including phenoxy) is 1. The van der Waals surface area contributed by atoms with Gasteiger partial charge in [-0.1, -0.05) is 19.1 Å². The Morgan fingerprint density at radius 3 is 2.24 bits per heavy atom. The van der Waals surface area contributed by atoms with E-state index in [1.165, 1.54) is 31.5 Å². The molecule has 0 aromatic heterocycles. The molecular formula is C18H30N2O. The number of rotatable bonds is 6. The first-order valence-corrected chi connectivity index (χ1v) is 8.24. The molecule has 2 unspecified atom stereocenters. The Morgan fingerprint density at radius 2 is 1.76 bits per heavy atom. The molecule has 2 atom stereocenters. The Labute approximate surface area is 129 Å². The van der Waals surface area contributed by atoms with Gasteiger partial charge in [0.1, 0.15) is 5.75 Å². The zero-order chi connectivity index (χ0) is 15.5. The highest BCUT2D eigenvalue weighted by atomic mass is 16.5. The average molecular weight is 290 g/mol. The van der Waals surface area contributed by atoms with Gasteiger partial charge in [-0.05, 0) is 70.8 Å². The molecule has 1 saturated heterocycles. The topological polar surface area (TPSA) is 38.5 Å². The van der Waals surface area contributed by atoms with Gasteiger partial charge in [-0.25, -0.2) is 0 Å². The van der Waals surface area contributed by atoms with Gasteiger partial charge < -0.3 is 10.5 Å². The highest BCUT2D eigenvalue weighted by molar-refractivity contribution is 5.31. The summed E-state index contributed by atoms with van der Waals surface area (Å²) in [6, 6.07) is 8.34. The van der Waals surface area contributed by atoms with Crippen LogP contribution in [0, 0.1) is 0 Å². The van der Waals surface area contributed by atoms with Crippen LogP contribution >= 0.6 is 0 Å². The van der Waals surface area contributed by atoms with Crippen LogP contribution in [0.5, 0.6) is 5.75 Å². The van der Waals surface area contributed by atoms with E-state index >= 15 is 0 Å². The molecule has 118 valence electrons. The maximum atomic E-state index is 6.63. The van der Waals surface area contributed by atoms with Gasteiger partial charge in [0, 0.05) is 11.6 Å². The fraction of sp³-hybridized carbons (Fsp3) is 0.667. The van der Waals surface area contributed by atoms with E-state index in [1.807, 2.05) is 26.0 Å². The lowest BCUT2D eigenvalue weighted by Gasteiger charge is -2.43. The van der Waals surface area contributed by atoms with Crippen LogP contribution < -0.4 is 10.5 Å². The van der Waals surface area contributed by atoms with Gasteiger partial charge in [-0.15, -0.1) is 0 Å². The summed E-state index contributed by atoms with van der Waals surface area (Å²) in [6.45, 7) is 11.0. The molecule has 21 heavy (non-hydrogen) atoms. The standard InChI is InChI=1S/C18H30N2O/c1-5-18(4,20-12-6-7-13-20)17(19)15-8-10-16(11-9-15)21-14(2)3/h8-11,14,17H,5-7,12-13,19H2,1-4H3. The normalized spacial score (nSPS) is 20.5. The molecule has 0 aliphatic carbocycles. The second-order valence-electron chi connectivity index (χ2n) is 6.62. The van der Waals surface area contributed by atoms with E-state index in [4.69, 9.17) is 10.5 Å². The predicted octanol–water partition coefficient (Wildman–Crippen LogP) is 3.74. The van der Waals surface area contributed by atoms with Crippen molar-refractivity contribution in [2.24, 2.45) is 5.73 Å². The number of benzene rings is 1. The van der Waals surface area contributed by atoms with Gasteiger partial charge in [-0.3, -0.25) is 4.90 Å². The van der Waals surface area contributed by atoms with E-state index in [0.717, 1.165) is 12.2 Å². The van der Waals surface area contributed by atoms with Crippen LogP contribution in [0.3, 0.4) is 0 Å². The minimum absolute atomic E-state index is 0.0358. The van der Waals surface area contributed by atoms with E-state index in [9.17, 15) is 0 Å². The number of hydrogen-bond acceptors (Lipinski definition) is 3. The summed E-state index contributed by atoms with van der Waals surface area (Å²) >= 11 is 0. The van der Waals surface area contributed by atoms with Crippen LogP contribution in [-0.2, 0) is 0 Å². The average Bonchev–Trinajstić information content (AvgIpc) is 3.00. The van der Waals surface area contributed by atoms with Crippen molar-refractivity contribution in [1.82, 2.24) is 4.90 Å². The number of hydrogen-bond donors (Lipinski definition) is 1. The van der Waals surface area contributed by atoms with Crippen molar-refractivity contribution < 1.29 is 4.74 Å². The number of nitrogens with two attached hydrogens (primary N) is 1. The van der Waals surface area contributed by atoms with Crippen LogP contribution in [0.4, 0.5) is 0 Å². The third-order valence-electron chi connectivity index (χ3n) is 4.83. The van der Waals surface area contributed by atoms with Gasteiger partial charge in [0.15, 0.2) is 0 Å². The minimum atomic E-state index is 0.0358. The smallest absolute Gasteiger partial charge is 0.119 e. The van der Waals surface area contributed by atoms with Crippen LogP contribution in [0.15, 0.2) is 24.3 Å². The van der Waals surface area contributed by atoms with Crippen molar-refractivity contribution in [2.75, 3.05) is 13.1 Å². The quantitative estimate of drug-likeness (QED) is 0.867. The number of likely N-dealkylation sites (tertiary alicyclic amines) is 1. The van der Waals surface area contributed by atoms with E-state index in [0.29, 0.717) is 0 Å². The summed E-state index contributed by atoms with van der Waals surface area (Å²) in [6.07, 6.45) is 3.86. The van der Waals surface area contributed by atoms with E-state index in [1.54, 1.807) is 0 Å². The molecular weight excluding hydrogens is 260 g/mol. The zero-order valence-electron chi connectivity index (χ0n) is 13.9. The molecule has 2 rings (SSSR count). The predicted molar refractivity (Wildman–Crippen MR) is 88.6 cm³/mol. The van der Waals surface area contributed by atoms with Crippen molar-refractivity contribution in [1.29, 1.82) is 0 Å². The molecule has 3 heteroatoms. The Hall–Kier alpha value is -1.06. The zero-order valence-corrected chi connectivity index (χ0v) is 13.9. The Balaban J connectivity index is 2.15. The molecule has 1 aliphatic heterocycles. The lowest BCUT2D eigenvalue weighted by Crippen LogP contribution is -2.51. The largest absolute Gasteiger partial charge is 0.491 e. The second-order valence-corrected chi connectivity index (χ2v) is 6.62. The molecule has 0 radical (unpaired) electrons. The maximum Gasteiger partial charge on any atom is 0.119 e. The molecule has 1 aliphatic rings. The fourth-order valence-electron chi connectivity index (χ4n) is 3.25. The van der Waals surface area contributed by atoms with E-state index in [-0.39, 0.29) is 17.7 Å². The summed E-state index contributed by atoms with van der Waals surface area (Å²) in [5, 5.41) is 0. The molecule has 3 nitrogen and oxygen atoms in total. The SMILES string of the molecule is CCC(C)(C(N)c1ccc(OC(C)C)cc1)N1CCCC1. The van der Waals surface area contributed by atoms with Crippen molar-refractivity contribution in [3.8, 4) is 5.75 Å². The van der Waals surface area contributed by atoms with Crippen LogP contribution in [0.1, 0.15) is 58.6 Å². The summed E-state index contributed by atoms with van der Waals surface area (Å²) in [5.41, 5.74) is 7.87. The highest BCUT2D eigenvalue weighted by Crippen LogP contribution is 2.35. The van der Waals surface area contributed by atoms with Gasteiger partial charge in [-0.2, -0.15) is 0 Å². The molecule has 0 saturated carbocycles. The number of nitrogens with zero attached hydrogens (tertiary/aromatic N) is 1. The van der Waals surface area contributed by atoms with E-state index < -0.39 is 0 Å². The Kier molecular flexibility index (Phi) is 5.28.